The fourth-order valence-electron chi connectivity index (χ4n) is 3.09. The molecule has 1 aliphatic rings. The fourth-order valence-corrected chi connectivity index (χ4v) is 3.09. The first-order valence-corrected chi connectivity index (χ1v) is 9.61. The molecule has 0 aromatic heterocycles. The number of hydrogen-bond acceptors (Lipinski definition) is 3. The van der Waals surface area contributed by atoms with Gasteiger partial charge in [0.2, 0.25) is 0 Å². The van der Waals surface area contributed by atoms with Gasteiger partial charge in [-0.25, -0.2) is 4.99 Å². The molecule has 152 valence electrons. The highest BCUT2D eigenvalue weighted by Crippen LogP contribution is 2.31. The summed E-state index contributed by atoms with van der Waals surface area (Å²) < 4.78 is 11.8. The zero-order valence-electron chi connectivity index (χ0n) is 16.8. The number of halogens is 1. The molecule has 5 nitrogen and oxygen atoms in total. The van der Waals surface area contributed by atoms with Crippen LogP contribution in [0, 0.1) is 6.92 Å². The number of benzene rings is 2. The number of aryl methyl sites for hydroxylation is 1. The van der Waals surface area contributed by atoms with E-state index >= 15 is 0 Å². The molecule has 0 aliphatic carbocycles. The predicted molar refractivity (Wildman–Crippen MR) is 125 cm³/mol. The third-order valence-corrected chi connectivity index (χ3v) is 4.83. The van der Waals surface area contributed by atoms with Crippen LogP contribution in [0.2, 0.25) is 0 Å². The zero-order chi connectivity index (χ0) is 19.2. The molecule has 2 unspecified atom stereocenters. The summed E-state index contributed by atoms with van der Waals surface area (Å²) in [6, 6.07) is 14.4. The van der Waals surface area contributed by atoms with Gasteiger partial charge in [-0.2, -0.15) is 0 Å². The van der Waals surface area contributed by atoms with Gasteiger partial charge >= 0.3 is 0 Å². The van der Waals surface area contributed by atoms with Crippen LogP contribution in [0.4, 0.5) is 0 Å². The van der Waals surface area contributed by atoms with Crippen molar-refractivity contribution in [3.8, 4) is 11.5 Å². The maximum absolute atomic E-state index is 6.17. The second-order valence-electron chi connectivity index (χ2n) is 7.02. The van der Waals surface area contributed by atoms with E-state index in [1.807, 2.05) is 18.2 Å². The summed E-state index contributed by atoms with van der Waals surface area (Å²) in [7, 11) is 0. The Morgan fingerprint density at radius 3 is 2.89 bits per heavy atom. The molecule has 2 aromatic carbocycles. The number of aliphatic imine (C=N–C) groups is 1. The topological polar surface area (TPSA) is 68.9 Å². The summed E-state index contributed by atoms with van der Waals surface area (Å²) in [5.41, 5.74) is 9.51. The maximum Gasteiger partial charge on any atom is 0.189 e. The number of guanidine groups is 1. The molecule has 28 heavy (non-hydrogen) atoms. The molecule has 1 aliphatic heterocycles. The Balaban J connectivity index is 0.00000280. The Bertz CT molecular complexity index is 810. The quantitative estimate of drug-likeness (QED) is 0.346. The molecular formula is C22H30IN3O2. The summed E-state index contributed by atoms with van der Waals surface area (Å²) in [5, 5.41) is 3.34. The van der Waals surface area contributed by atoms with Gasteiger partial charge in [-0.3, -0.25) is 0 Å². The molecule has 2 aromatic rings. The minimum absolute atomic E-state index is 0. The number of nitrogens with two attached hydrogens (primary N) is 1. The second kappa shape index (κ2) is 10.5. The van der Waals surface area contributed by atoms with E-state index in [4.69, 9.17) is 15.2 Å². The van der Waals surface area contributed by atoms with E-state index in [0.717, 1.165) is 35.5 Å². The van der Waals surface area contributed by atoms with Crippen LogP contribution in [-0.4, -0.2) is 18.7 Å². The number of nitrogens with one attached hydrogen (secondary N) is 1. The Hall–Kier alpha value is -1.96. The third kappa shape index (κ3) is 5.77. The van der Waals surface area contributed by atoms with Crippen molar-refractivity contribution in [2.45, 2.75) is 52.3 Å². The first-order valence-electron chi connectivity index (χ1n) is 9.61. The van der Waals surface area contributed by atoms with Crippen LogP contribution in [0.15, 0.2) is 47.5 Å². The number of ether oxygens (including phenoxy) is 2. The van der Waals surface area contributed by atoms with Crippen molar-refractivity contribution in [2.75, 3.05) is 6.61 Å². The lowest BCUT2D eigenvalue weighted by molar-refractivity contribution is 0.215. The van der Waals surface area contributed by atoms with Crippen LogP contribution < -0.4 is 20.5 Å². The average Bonchev–Trinajstić information content (AvgIpc) is 2.67. The summed E-state index contributed by atoms with van der Waals surface area (Å²) >= 11 is 0. The standard InChI is InChI=1S/C22H29N3O2.HI/c1-4-16(3)27-21-13-15(2)9-10-17(21)14-24-22(23)25-19-11-12-26-20-8-6-5-7-18(19)20;/h5-10,13,16,19H,4,11-12,14H2,1-3H3,(H3,23,24,25);1H. The summed E-state index contributed by atoms with van der Waals surface area (Å²) in [6.45, 7) is 7.41. The van der Waals surface area contributed by atoms with Crippen LogP contribution in [-0.2, 0) is 6.54 Å². The highest BCUT2D eigenvalue weighted by Gasteiger charge is 2.21. The van der Waals surface area contributed by atoms with Gasteiger partial charge < -0.3 is 20.5 Å². The first kappa shape index (κ1) is 22.3. The van der Waals surface area contributed by atoms with Gasteiger partial charge in [-0.15, -0.1) is 24.0 Å². The van der Waals surface area contributed by atoms with E-state index in [-0.39, 0.29) is 36.1 Å². The van der Waals surface area contributed by atoms with E-state index < -0.39 is 0 Å². The van der Waals surface area contributed by atoms with E-state index in [2.05, 4.69) is 55.3 Å². The van der Waals surface area contributed by atoms with Gasteiger partial charge in [0.1, 0.15) is 11.5 Å². The van der Waals surface area contributed by atoms with Gasteiger partial charge in [0.15, 0.2) is 5.96 Å². The number of rotatable bonds is 6. The van der Waals surface area contributed by atoms with E-state index in [1.54, 1.807) is 0 Å². The lowest BCUT2D eigenvalue weighted by Gasteiger charge is -2.27. The lowest BCUT2D eigenvalue weighted by Crippen LogP contribution is -2.37. The van der Waals surface area contributed by atoms with Crippen molar-refractivity contribution in [2.24, 2.45) is 10.7 Å². The molecule has 1 heterocycles. The molecule has 3 rings (SSSR count). The van der Waals surface area contributed by atoms with Crippen molar-refractivity contribution >= 4 is 29.9 Å². The lowest BCUT2D eigenvalue weighted by atomic mass is 10.0. The maximum atomic E-state index is 6.17. The molecule has 2 atom stereocenters. The van der Waals surface area contributed by atoms with E-state index in [9.17, 15) is 0 Å². The van der Waals surface area contributed by atoms with Gasteiger partial charge in [0.25, 0.3) is 0 Å². The SMILES string of the molecule is CCC(C)Oc1cc(C)ccc1CN=C(N)NC1CCOc2ccccc21.I. The van der Waals surface area contributed by atoms with Crippen LogP contribution in [0.25, 0.3) is 0 Å². The monoisotopic (exact) mass is 495 g/mol. The van der Waals surface area contributed by atoms with Crippen molar-refractivity contribution < 1.29 is 9.47 Å². The highest BCUT2D eigenvalue weighted by molar-refractivity contribution is 14.0. The van der Waals surface area contributed by atoms with Crippen molar-refractivity contribution in [1.29, 1.82) is 0 Å². The molecule has 0 bridgehead atoms. The van der Waals surface area contributed by atoms with Crippen molar-refractivity contribution in [1.82, 2.24) is 5.32 Å². The average molecular weight is 495 g/mol. The Morgan fingerprint density at radius 2 is 2.11 bits per heavy atom. The van der Waals surface area contributed by atoms with Gasteiger partial charge in [0.05, 0.1) is 25.3 Å². The van der Waals surface area contributed by atoms with Gasteiger partial charge in [-0.1, -0.05) is 37.3 Å². The van der Waals surface area contributed by atoms with Crippen LogP contribution >= 0.6 is 24.0 Å². The zero-order valence-corrected chi connectivity index (χ0v) is 19.1. The van der Waals surface area contributed by atoms with Gasteiger partial charge in [0, 0.05) is 17.5 Å². The summed E-state index contributed by atoms with van der Waals surface area (Å²) in [5.74, 6) is 2.24. The predicted octanol–water partition coefficient (Wildman–Crippen LogP) is 4.72. The molecule has 0 fully saturated rings. The summed E-state index contributed by atoms with van der Waals surface area (Å²) in [6.07, 6.45) is 1.99. The number of hydrogen-bond donors (Lipinski definition) is 2. The largest absolute Gasteiger partial charge is 0.493 e. The molecule has 6 heteroatoms. The Kier molecular flexibility index (Phi) is 8.41. The van der Waals surface area contributed by atoms with Crippen LogP contribution in [0.1, 0.15) is 49.4 Å². The van der Waals surface area contributed by atoms with Gasteiger partial charge in [-0.05, 0) is 38.0 Å². The number of para-hydroxylation sites is 1. The second-order valence-corrected chi connectivity index (χ2v) is 7.02. The normalized spacial score (nSPS) is 17.0. The minimum Gasteiger partial charge on any atom is -0.493 e. The molecule has 0 spiro atoms. The molecule has 0 saturated carbocycles. The van der Waals surface area contributed by atoms with E-state index in [1.165, 1.54) is 5.56 Å². The fraction of sp³-hybridized carbons (Fsp3) is 0.409. The molecule has 0 radical (unpaired) electrons. The molecular weight excluding hydrogens is 465 g/mol. The third-order valence-electron chi connectivity index (χ3n) is 4.83. The number of nitrogens with zero attached hydrogens (tertiary/aromatic N) is 1. The number of fused-ring (bicyclic) bond motifs is 1. The van der Waals surface area contributed by atoms with Crippen LogP contribution in [0.5, 0.6) is 11.5 Å². The Morgan fingerprint density at radius 1 is 1.32 bits per heavy atom. The molecule has 3 N–H and O–H groups in total. The van der Waals surface area contributed by atoms with E-state index in [0.29, 0.717) is 19.1 Å². The molecule has 0 saturated heterocycles. The first-order chi connectivity index (χ1) is 13.1. The summed E-state index contributed by atoms with van der Waals surface area (Å²) in [4.78, 5) is 4.55. The van der Waals surface area contributed by atoms with Crippen LogP contribution in [0.3, 0.4) is 0 Å². The van der Waals surface area contributed by atoms with Crippen molar-refractivity contribution in [3.05, 3.63) is 59.2 Å². The molecule has 0 amide bonds. The smallest absolute Gasteiger partial charge is 0.189 e. The van der Waals surface area contributed by atoms with Crippen molar-refractivity contribution in [3.63, 3.8) is 0 Å². The Labute approximate surface area is 184 Å². The minimum atomic E-state index is 0. The highest BCUT2D eigenvalue weighted by atomic mass is 127.